The largest absolute Gasteiger partial charge is 0.387 e. The fourth-order valence-corrected chi connectivity index (χ4v) is 13.8. The van der Waals surface area contributed by atoms with Gasteiger partial charge in [0.1, 0.15) is 195 Å². The summed E-state index contributed by atoms with van der Waals surface area (Å²) in [5.41, 5.74) is 86.1. The zero-order chi connectivity index (χ0) is 84.5. The van der Waals surface area contributed by atoms with Gasteiger partial charge in [-0.15, -0.1) is 6.58 Å². The number of ether oxygens (including phenoxy) is 17. The lowest BCUT2D eigenvalue weighted by molar-refractivity contribution is -0.399. The van der Waals surface area contributed by atoms with Gasteiger partial charge in [-0.25, -0.2) is 0 Å². The molecule has 40 unspecified atom stereocenters. The van der Waals surface area contributed by atoms with Crippen LogP contribution in [0.2, 0.25) is 0 Å². The first-order valence-electron chi connectivity index (χ1n) is 35.7. The Hall–Kier alpha value is -7.38. The van der Waals surface area contributed by atoms with Crippen LogP contribution in [0, 0.1) is 5.41 Å². The molecule has 0 aliphatic carbocycles. The number of aliphatic hydroxyl groups is 15. The summed E-state index contributed by atoms with van der Waals surface area (Å²) in [4.78, 5) is 27.8. The van der Waals surface area contributed by atoms with Crippen LogP contribution in [0.15, 0.2) is 47.6 Å². The van der Waals surface area contributed by atoms with Crippen molar-refractivity contribution in [3.05, 3.63) is 12.7 Å². The van der Waals surface area contributed by atoms with E-state index in [1.54, 1.807) is 0 Å². The third kappa shape index (κ3) is 22.3. The molecule has 56 heteroatoms. The van der Waals surface area contributed by atoms with Crippen molar-refractivity contribution in [3.63, 3.8) is 0 Å². The quantitative estimate of drug-likeness (QED) is 0.0324. The number of nitrogens with two attached hydrogens (primary N) is 15. The maximum atomic E-state index is 12.5. The van der Waals surface area contributed by atoms with E-state index < -0.39 is 352 Å². The first-order chi connectivity index (χ1) is 54.3. The summed E-state index contributed by atoms with van der Waals surface area (Å²) in [6.07, 6.45) is -80.3. The van der Waals surface area contributed by atoms with Crippen LogP contribution in [0.1, 0.15) is 0 Å². The van der Waals surface area contributed by atoms with Crippen LogP contribution in [0.4, 0.5) is 0 Å². The van der Waals surface area contributed by atoms with Crippen LogP contribution in [0.5, 0.6) is 0 Å². The number of aliphatic imine (C=N–C) groups is 7. The summed E-state index contributed by atoms with van der Waals surface area (Å²) in [5, 5.41) is 192. The molecule has 56 nitrogen and oxygen atoms in total. The Balaban J connectivity index is 1.11. The molecular weight excluding hydrogens is 1560 g/mol. The van der Waals surface area contributed by atoms with Crippen molar-refractivity contribution < 1.29 is 157 Å². The first kappa shape index (κ1) is 91.5. The van der Waals surface area contributed by atoms with Crippen LogP contribution >= 0.6 is 0 Å². The number of nitrogens with one attached hydrogen (secondary N) is 2. The summed E-state index contributed by atoms with van der Waals surface area (Å²) in [6, 6.07) is 0. The predicted molar refractivity (Wildman–Crippen MR) is 383 cm³/mol. The van der Waals surface area contributed by atoms with Gasteiger partial charge in [0.05, 0.1) is 52.4 Å². The van der Waals surface area contributed by atoms with Crippen LogP contribution in [0.25, 0.3) is 0 Å². The number of aliphatic hydroxyl groups excluding tert-OH is 15. The topological polar surface area (TPSA) is 973 Å². The van der Waals surface area contributed by atoms with E-state index in [1.807, 2.05) is 0 Å². The van der Waals surface area contributed by atoms with Crippen LogP contribution in [-0.4, -0.2) is 429 Å². The van der Waals surface area contributed by atoms with E-state index in [-0.39, 0.29) is 0 Å². The number of rotatable bonds is 19. The fraction of sp³-hybridized carbons (Fsp3) is 0.831. The highest BCUT2D eigenvalue weighted by molar-refractivity contribution is 5.78. The molecule has 0 aromatic carbocycles. The monoisotopic (exact) mass is 1660 g/mol. The molecule has 0 spiro atoms. The summed E-state index contributed by atoms with van der Waals surface area (Å²) >= 11 is 0. The molecule has 656 valence electrons. The van der Waals surface area contributed by atoms with Gasteiger partial charge in [-0.3, -0.25) is 40.4 Å². The molecular formula is C59H108N24O32. The zero-order valence-corrected chi connectivity index (χ0v) is 61.2. The number of hydrogen-bond donors (Lipinski definition) is 32. The van der Waals surface area contributed by atoms with Crippen molar-refractivity contribution in [2.75, 3.05) is 59.0 Å². The Labute approximate surface area is 652 Å². The van der Waals surface area contributed by atoms with Gasteiger partial charge in [0.2, 0.25) is 0 Å². The molecule has 40 atom stereocenters. The summed E-state index contributed by atoms with van der Waals surface area (Å²) in [7, 11) is 0. The summed E-state index contributed by atoms with van der Waals surface area (Å²) in [6.45, 7) is -2.13. The van der Waals surface area contributed by atoms with Crippen molar-refractivity contribution in [2.24, 2.45) is 121 Å². The lowest BCUT2D eigenvalue weighted by Gasteiger charge is -2.51. The molecule has 115 heavy (non-hydrogen) atoms. The number of guanidine groups is 8. The van der Waals surface area contributed by atoms with Crippen LogP contribution in [0.3, 0.4) is 0 Å². The van der Waals surface area contributed by atoms with Gasteiger partial charge in [-0.1, -0.05) is 6.08 Å². The van der Waals surface area contributed by atoms with Gasteiger partial charge >= 0.3 is 0 Å². The maximum Gasteiger partial charge on any atom is 0.187 e. The molecule has 16 bridgehead atoms. The minimum absolute atomic E-state index is 0.413. The molecule has 30 rings (SSSR count). The van der Waals surface area contributed by atoms with Gasteiger partial charge in [0.25, 0.3) is 0 Å². The second kappa shape index (κ2) is 40.4. The Morgan fingerprint density at radius 3 is 0.635 bits per heavy atom. The third-order valence-electron chi connectivity index (χ3n) is 19.5. The van der Waals surface area contributed by atoms with Crippen molar-refractivity contribution >= 4 is 47.7 Å². The maximum absolute atomic E-state index is 12.5. The highest BCUT2D eigenvalue weighted by atomic mass is 16.8. The zero-order valence-electron chi connectivity index (χ0n) is 61.2. The highest BCUT2D eigenvalue weighted by Gasteiger charge is 2.61. The molecule has 47 N–H and O–H groups in total. The molecule has 30 saturated heterocycles. The van der Waals surface area contributed by atoms with Gasteiger partial charge < -0.3 is 248 Å². The Morgan fingerprint density at radius 2 is 0.443 bits per heavy atom. The van der Waals surface area contributed by atoms with Crippen molar-refractivity contribution in [1.82, 2.24) is 5.32 Å². The Morgan fingerprint density at radius 1 is 0.270 bits per heavy atom. The SMILES string of the molecule is C=CCOC1C2OC(CN=C(N)N)C(OC3OC(CNC(=N)N)C(OC4OC(CN=C(N)N)C(OC5OC(CN=C(N)N)C(OC6OC(CN=C(N)N)C(OC7OC(CN=C(N)N)C(OC8OC(CN=C(N)N)C(OC9OC(CN=C(N)N)C(O2)C(O)C9O)C(O)C8O)C(O)C7O)C(O)C6O)C(O)C5O)C(O)C4O)C(O)C3O)C1O. The molecule has 30 aliphatic rings. The van der Waals surface area contributed by atoms with Crippen LogP contribution < -0.4 is 91.3 Å². The van der Waals surface area contributed by atoms with E-state index in [4.69, 9.17) is 172 Å². The van der Waals surface area contributed by atoms with E-state index in [0.717, 1.165) is 0 Å². The van der Waals surface area contributed by atoms with Gasteiger partial charge in [-0.2, -0.15) is 0 Å². The molecule has 0 saturated carbocycles. The highest BCUT2D eigenvalue weighted by Crippen LogP contribution is 2.41. The predicted octanol–water partition coefficient (Wildman–Crippen LogP) is -21.7. The van der Waals surface area contributed by atoms with E-state index in [9.17, 15) is 76.6 Å². The smallest absolute Gasteiger partial charge is 0.187 e. The standard InChI is InChI=1S/C59H108N24O32/c1-2-3-99-43-34(98)42-19(11-83-59(74)75)107-51(43)115-41-18(10-82-58(72)73)106-49(33(97)26(41)90)113-39-16(8-80-56(68)69)104-47(31(95)24(39)88)111-37-14(6-78-54(64)65)102-45(29(93)22(37)86)109-35-12(4-76-52(60)61)100-44(27(91)20(35)84)108-36-13(5-77-53(62)63)101-46(28(92)21(36)85)110-38-15(7-79-55(66)67)103-48(30(94)23(38)87)112-40-17(9-81-57(70)71)105-50(114-42)32(96)25(40)89/h2,12-51,84-98H,1,3-11H2,(H4,60,61,76)(H4,62,63,77)(H4,64,65,78)(H4,66,67,79)(H4,68,69,80)(H4,70,71,81)(H4,72,73,82)(H4,74,75,83). The number of hydrogen-bond acceptors (Lipinski definition) is 40. The van der Waals surface area contributed by atoms with Gasteiger partial charge in [-0.05, 0) is 0 Å². The molecule has 0 amide bonds. The number of nitrogens with zero attached hydrogens (tertiary/aromatic N) is 7. The van der Waals surface area contributed by atoms with E-state index >= 15 is 0 Å². The molecule has 30 aliphatic heterocycles. The molecule has 0 aromatic heterocycles. The average molecular weight is 1670 g/mol. The van der Waals surface area contributed by atoms with Crippen molar-refractivity contribution in [2.45, 2.75) is 246 Å². The molecule has 0 aromatic rings. The Bertz CT molecular complexity index is 3370. The lowest BCUT2D eigenvalue weighted by Crippen LogP contribution is -2.69. The Kier molecular flexibility index (Phi) is 32.1. The average Bonchev–Trinajstić information content (AvgIpc) is 0.769. The molecule has 30 fully saturated rings. The normalized spacial score (nSPS) is 44.5. The van der Waals surface area contributed by atoms with E-state index in [2.05, 4.69) is 46.8 Å². The minimum atomic E-state index is -2.30. The molecule has 0 radical (unpaired) electrons. The van der Waals surface area contributed by atoms with Crippen LogP contribution in [-0.2, 0) is 80.5 Å². The van der Waals surface area contributed by atoms with E-state index in [0.29, 0.717) is 0 Å². The first-order valence-corrected chi connectivity index (χ1v) is 35.7. The van der Waals surface area contributed by atoms with Gasteiger partial charge in [0, 0.05) is 6.54 Å². The second-order valence-corrected chi connectivity index (χ2v) is 27.7. The van der Waals surface area contributed by atoms with Gasteiger partial charge in [0.15, 0.2) is 98.0 Å². The third-order valence-corrected chi connectivity index (χ3v) is 19.5. The summed E-state index contributed by atoms with van der Waals surface area (Å²) in [5.74, 6) is -4.71. The van der Waals surface area contributed by atoms with E-state index in [1.165, 1.54) is 6.08 Å². The fourth-order valence-electron chi connectivity index (χ4n) is 13.8. The summed E-state index contributed by atoms with van der Waals surface area (Å²) < 4.78 is 105. The molecule has 30 heterocycles. The minimum Gasteiger partial charge on any atom is -0.387 e. The van der Waals surface area contributed by atoms with Crippen molar-refractivity contribution in [3.8, 4) is 0 Å². The second-order valence-electron chi connectivity index (χ2n) is 27.7. The van der Waals surface area contributed by atoms with Crippen molar-refractivity contribution in [1.29, 1.82) is 5.41 Å². The lowest BCUT2D eigenvalue weighted by atomic mass is 9.94.